The molecule has 20 heavy (non-hydrogen) atoms. The smallest absolute Gasteiger partial charge is 0.126 e. The quantitative estimate of drug-likeness (QED) is 0.838. The molecule has 2 aromatic carbocycles. The van der Waals surface area contributed by atoms with Crippen molar-refractivity contribution in [2.75, 3.05) is 6.54 Å². The zero-order valence-electron chi connectivity index (χ0n) is 11.6. The molecule has 0 spiro atoms. The van der Waals surface area contributed by atoms with Crippen molar-refractivity contribution in [1.29, 1.82) is 0 Å². The van der Waals surface area contributed by atoms with Gasteiger partial charge in [0, 0.05) is 11.6 Å². The number of rotatable bonds is 6. The Morgan fingerprint density at radius 2 is 1.80 bits per heavy atom. The van der Waals surface area contributed by atoms with E-state index >= 15 is 0 Å². The van der Waals surface area contributed by atoms with E-state index in [9.17, 15) is 9.50 Å². The largest absolute Gasteiger partial charge is 0.508 e. The van der Waals surface area contributed by atoms with Crippen LogP contribution in [0, 0.1) is 5.82 Å². The SMILES string of the molecule is CCC(NCCc1ccccc1F)c1ccccc1O. The Kier molecular flexibility index (Phi) is 5.13. The molecular formula is C17H20FNO. The zero-order chi connectivity index (χ0) is 14.4. The van der Waals surface area contributed by atoms with Crippen LogP contribution in [0.5, 0.6) is 5.75 Å². The molecule has 3 heteroatoms. The average Bonchev–Trinajstić information content (AvgIpc) is 2.46. The van der Waals surface area contributed by atoms with E-state index in [4.69, 9.17) is 0 Å². The van der Waals surface area contributed by atoms with Gasteiger partial charge in [-0.05, 0) is 37.1 Å². The third-order valence-electron chi connectivity index (χ3n) is 3.46. The van der Waals surface area contributed by atoms with Crippen molar-refractivity contribution in [1.82, 2.24) is 5.32 Å². The predicted molar refractivity (Wildman–Crippen MR) is 79.2 cm³/mol. The molecule has 1 atom stereocenters. The second kappa shape index (κ2) is 7.06. The van der Waals surface area contributed by atoms with Crippen molar-refractivity contribution in [3.8, 4) is 5.75 Å². The molecule has 0 aromatic heterocycles. The number of para-hydroxylation sites is 1. The van der Waals surface area contributed by atoms with Crippen LogP contribution in [0.1, 0.15) is 30.5 Å². The first-order valence-corrected chi connectivity index (χ1v) is 6.97. The molecule has 2 rings (SSSR count). The van der Waals surface area contributed by atoms with E-state index in [0.717, 1.165) is 12.0 Å². The summed E-state index contributed by atoms with van der Waals surface area (Å²) in [6.45, 7) is 2.74. The van der Waals surface area contributed by atoms with E-state index in [1.165, 1.54) is 6.07 Å². The number of hydrogen-bond donors (Lipinski definition) is 2. The van der Waals surface area contributed by atoms with Gasteiger partial charge in [0.25, 0.3) is 0 Å². The summed E-state index contributed by atoms with van der Waals surface area (Å²) in [6.07, 6.45) is 1.51. The van der Waals surface area contributed by atoms with Crippen LogP contribution in [0.15, 0.2) is 48.5 Å². The van der Waals surface area contributed by atoms with Crippen molar-refractivity contribution in [2.24, 2.45) is 0 Å². The number of hydrogen-bond acceptors (Lipinski definition) is 2. The summed E-state index contributed by atoms with van der Waals surface area (Å²) < 4.78 is 13.5. The van der Waals surface area contributed by atoms with E-state index < -0.39 is 0 Å². The normalized spacial score (nSPS) is 12.3. The van der Waals surface area contributed by atoms with Gasteiger partial charge >= 0.3 is 0 Å². The molecule has 0 aliphatic heterocycles. The molecule has 0 aliphatic carbocycles. The molecule has 0 amide bonds. The van der Waals surface area contributed by atoms with Crippen molar-refractivity contribution < 1.29 is 9.50 Å². The van der Waals surface area contributed by atoms with Crippen LogP contribution in [0.3, 0.4) is 0 Å². The first-order valence-electron chi connectivity index (χ1n) is 6.97. The van der Waals surface area contributed by atoms with Crippen molar-refractivity contribution in [2.45, 2.75) is 25.8 Å². The minimum absolute atomic E-state index is 0.0861. The van der Waals surface area contributed by atoms with Crippen molar-refractivity contribution in [3.05, 3.63) is 65.5 Å². The van der Waals surface area contributed by atoms with Gasteiger partial charge in [-0.15, -0.1) is 0 Å². The fraction of sp³-hybridized carbons (Fsp3) is 0.294. The predicted octanol–water partition coefficient (Wildman–Crippen LogP) is 3.81. The topological polar surface area (TPSA) is 32.3 Å². The van der Waals surface area contributed by atoms with Crippen LogP contribution in [0.4, 0.5) is 4.39 Å². The third kappa shape index (κ3) is 3.58. The summed E-state index contributed by atoms with van der Waals surface area (Å²) in [5, 5.41) is 13.2. The molecule has 0 aliphatic rings. The second-order valence-electron chi connectivity index (χ2n) is 4.82. The molecule has 0 radical (unpaired) electrons. The number of nitrogens with one attached hydrogen (secondary N) is 1. The van der Waals surface area contributed by atoms with E-state index in [1.54, 1.807) is 18.2 Å². The van der Waals surface area contributed by atoms with Crippen molar-refractivity contribution in [3.63, 3.8) is 0 Å². The lowest BCUT2D eigenvalue weighted by molar-refractivity contribution is 0.441. The lowest BCUT2D eigenvalue weighted by atomic mass is 10.0. The lowest BCUT2D eigenvalue weighted by Gasteiger charge is -2.18. The summed E-state index contributed by atoms with van der Waals surface area (Å²) >= 11 is 0. The van der Waals surface area contributed by atoms with E-state index in [1.807, 2.05) is 24.3 Å². The van der Waals surface area contributed by atoms with Gasteiger partial charge in [-0.2, -0.15) is 0 Å². The number of benzene rings is 2. The second-order valence-corrected chi connectivity index (χ2v) is 4.82. The average molecular weight is 273 g/mol. The highest BCUT2D eigenvalue weighted by Gasteiger charge is 2.12. The van der Waals surface area contributed by atoms with Crippen LogP contribution >= 0.6 is 0 Å². The van der Waals surface area contributed by atoms with E-state index in [0.29, 0.717) is 24.3 Å². The summed E-state index contributed by atoms with van der Waals surface area (Å²) in [5.74, 6) is 0.141. The first-order chi connectivity index (χ1) is 9.72. The number of phenolic OH excluding ortho intramolecular Hbond substituents is 1. The highest BCUT2D eigenvalue weighted by atomic mass is 19.1. The zero-order valence-corrected chi connectivity index (χ0v) is 11.6. The summed E-state index contributed by atoms with van der Waals surface area (Å²) in [7, 11) is 0. The third-order valence-corrected chi connectivity index (χ3v) is 3.46. The minimum atomic E-state index is -0.162. The number of halogens is 1. The Labute approximate surface area is 119 Å². The molecule has 0 saturated heterocycles. The Hall–Kier alpha value is -1.87. The molecule has 0 saturated carbocycles. The highest BCUT2D eigenvalue weighted by Crippen LogP contribution is 2.25. The molecule has 2 nitrogen and oxygen atoms in total. The lowest BCUT2D eigenvalue weighted by Crippen LogP contribution is -2.23. The van der Waals surface area contributed by atoms with Gasteiger partial charge in [-0.3, -0.25) is 0 Å². The fourth-order valence-corrected chi connectivity index (χ4v) is 2.34. The maximum atomic E-state index is 13.5. The monoisotopic (exact) mass is 273 g/mol. The maximum Gasteiger partial charge on any atom is 0.126 e. The van der Waals surface area contributed by atoms with Gasteiger partial charge < -0.3 is 10.4 Å². The summed E-state index contributed by atoms with van der Waals surface area (Å²) in [6, 6.07) is 14.2. The Morgan fingerprint density at radius 3 is 2.50 bits per heavy atom. The Morgan fingerprint density at radius 1 is 1.10 bits per heavy atom. The molecule has 0 heterocycles. The van der Waals surface area contributed by atoms with E-state index in [-0.39, 0.29) is 11.9 Å². The van der Waals surface area contributed by atoms with Gasteiger partial charge in [0.05, 0.1) is 0 Å². The highest BCUT2D eigenvalue weighted by molar-refractivity contribution is 5.34. The van der Waals surface area contributed by atoms with Crippen LogP contribution in [-0.2, 0) is 6.42 Å². The first kappa shape index (κ1) is 14.5. The molecule has 106 valence electrons. The minimum Gasteiger partial charge on any atom is -0.508 e. The summed E-state index contributed by atoms with van der Waals surface area (Å²) in [4.78, 5) is 0. The van der Waals surface area contributed by atoms with Gasteiger partial charge in [-0.25, -0.2) is 4.39 Å². The van der Waals surface area contributed by atoms with Gasteiger partial charge in [0.2, 0.25) is 0 Å². The number of phenols is 1. The van der Waals surface area contributed by atoms with E-state index in [2.05, 4.69) is 12.2 Å². The standard InChI is InChI=1S/C17H20FNO/c1-2-16(14-8-4-6-10-17(14)20)19-12-11-13-7-3-5-9-15(13)18/h3-10,16,19-20H,2,11-12H2,1H3. The van der Waals surface area contributed by atoms with Gasteiger partial charge in [-0.1, -0.05) is 43.3 Å². The van der Waals surface area contributed by atoms with Gasteiger partial charge in [0.15, 0.2) is 0 Å². The van der Waals surface area contributed by atoms with Crippen LogP contribution < -0.4 is 5.32 Å². The van der Waals surface area contributed by atoms with Crippen LogP contribution in [0.2, 0.25) is 0 Å². The van der Waals surface area contributed by atoms with Crippen LogP contribution in [0.25, 0.3) is 0 Å². The molecule has 1 unspecified atom stereocenters. The molecule has 0 bridgehead atoms. The Balaban J connectivity index is 1.95. The molecule has 2 aromatic rings. The van der Waals surface area contributed by atoms with Crippen LogP contribution in [-0.4, -0.2) is 11.7 Å². The van der Waals surface area contributed by atoms with Gasteiger partial charge in [0.1, 0.15) is 11.6 Å². The van der Waals surface area contributed by atoms with Crippen molar-refractivity contribution >= 4 is 0 Å². The summed E-state index contributed by atoms with van der Waals surface area (Å²) in [5.41, 5.74) is 1.61. The molecule has 0 fully saturated rings. The fourth-order valence-electron chi connectivity index (χ4n) is 2.34. The number of aromatic hydroxyl groups is 1. The molecular weight excluding hydrogens is 253 g/mol. The Bertz CT molecular complexity index is 556. The maximum absolute atomic E-state index is 13.5. The molecule has 2 N–H and O–H groups in total.